The zero-order valence-electron chi connectivity index (χ0n) is 14.8. The molecule has 1 aliphatic heterocycles. The zero-order valence-corrected chi connectivity index (χ0v) is 15.6. The van der Waals surface area contributed by atoms with Gasteiger partial charge in [-0.3, -0.25) is 4.79 Å². The average molecular weight is 412 g/mol. The van der Waals surface area contributed by atoms with Crippen molar-refractivity contribution >= 4 is 21.6 Å². The Hall–Kier alpha value is -2.39. The molecule has 0 bridgehead atoms. The average Bonchev–Trinajstić information content (AvgIpc) is 2.68. The van der Waals surface area contributed by atoms with E-state index in [1.807, 2.05) is 0 Å². The van der Waals surface area contributed by atoms with Crippen molar-refractivity contribution in [2.75, 3.05) is 18.4 Å². The molecule has 0 radical (unpaired) electrons. The Balaban J connectivity index is 1.68. The van der Waals surface area contributed by atoms with Crippen LogP contribution in [0.25, 0.3) is 0 Å². The molecule has 1 aliphatic rings. The summed E-state index contributed by atoms with van der Waals surface area (Å²) >= 11 is 0. The smallest absolute Gasteiger partial charge is 0.326 e. The summed E-state index contributed by atoms with van der Waals surface area (Å²) in [6.07, 6.45) is -3.41. The molecular weight excluding hydrogens is 393 g/mol. The fourth-order valence-electron chi connectivity index (χ4n) is 3.10. The van der Waals surface area contributed by atoms with Gasteiger partial charge in [-0.05, 0) is 49.2 Å². The maximum atomic E-state index is 12.7. The van der Waals surface area contributed by atoms with Crippen LogP contribution in [0.1, 0.15) is 18.4 Å². The zero-order chi connectivity index (χ0) is 20.4. The van der Waals surface area contributed by atoms with Gasteiger partial charge in [-0.1, -0.05) is 18.2 Å². The quantitative estimate of drug-likeness (QED) is 0.832. The number of carbonyl (C=O) groups excluding carboxylic acids is 1. The molecule has 2 aromatic carbocycles. The van der Waals surface area contributed by atoms with Crippen LogP contribution in [0, 0.1) is 5.92 Å². The molecule has 3 rings (SSSR count). The highest BCUT2D eigenvalue weighted by atomic mass is 32.2. The van der Waals surface area contributed by atoms with Gasteiger partial charge in [0, 0.05) is 18.8 Å². The van der Waals surface area contributed by atoms with Crippen LogP contribution < -0.4 is 5.32 Å². The van der Waals surface area contributed by atoms with Crippen LogP contribution in [-0.4, -0.2) is 31.7 Å². The molecule has 150 valence electrons. The molecular formula is C19H19F3N2O3S. The van der Waals surface area contributed by atoms with Crippen LogP contribution in [0.5, 0.6) is 0 Å². The summed E-state index contributed by atoms with van der Waals surface area (Å²) in [5, 5.41) is 2.57. The van der Waals surface area contributed by atoms with Crippen LogP contribution in [0.15, 0.2) is 59.5 Å². The summed E-state index contributed by atoms with van der Waals surface area (Å²) in [7, 11) is -3.69. The topological polar surface area (TPSA) is 66.5 Å². The lowest BCUT2D eigenvalue weighted by Crippen LogP contribution is -2.43. The number of benzene rings is 2. The van der Waals surface area contributed by atoms with Crippen LogP contribution in [0.2, 0.25) is 0 Å². The van der Waals surface area contributed by atoms with Crippen molar-refractivity contribution in [3.63, 3.8) is 0 Å². The minimum absolute atomic E-state index is 0.0314. The van der Waals surface area contributed by atoms with E-state index in [9.17, 15) is 26.4 Å². The third-order valence-electron chi connectivity index (χ3n) is 4.62. The second-order valence-electron chi connectivity index (χ2n) is 6.58. The summed E-state index contributed by atoms with van der Waals surface area (Å²) < 4.78 is 64.6. The Kier molecular flexibility index (Phi) is 5.76. The number of amides is 1. The molecule has 2 aromatic rings. The lowest BCUT2D eigenvalue weighted by atomic mass is 9.98. The summed E-state index contributed by atoms with van der Waals surface area (Å²) in [6, 6.07) is 12.1. The number of nitrogens with one attached hydrogen (secondary N) is 1. The molecule has 9 heteroatoms. The van der Waals surface area contributed by atoms with E-state index in [2.05, 4.69) is 5.32 Å². The highest BCUT2D eigenvalue weighted by molar-refractivity contribution is 7.89. The van der Waals surface area contributed by atoms with E-state index < -0.39 is 33.6 Å². The molecule has 1 amide bonds. The standard InChI is InChI=1S/C19H19F3N2O3S/c20-19(21,22)15-8-10-16(11-9-15)23-18(25)14-5-4-12-24(13-14)28(26,27)17-6-2-1-3-7-17/h1-3,6-11,14H,4-5,12-13H2,(H,23,25). The van der Waals surface area contributed by atoms with Gasteiger partial charge in [0.15, 0.2) is 0 Å². The summed E-state index contributed by atoms with van der Waals surface area (Å²) in [4.78, 5) is 12.7. The summed E-state index contributed by atoms with van der Waals surface area (Å²) in [6.45, 7) is 0.352. The Bertz CT molecular complexity index is 929. The van der Waals surface area contributed by atoms with Crippen molar-refractivity contribution in [2.24, 2.45) is 5.92 Å². The van der Waals surface area contributed by atoms with Gasteiger partial charge in [0.2, 0.25) is 15.9 Å². The molecule has 28 heavy (non-hydrogen) atoms. The normalized spacial score (nSPS) is 18.6. The van der Waals surface area contributed by atoms with E-state index in [-0.39, 0.29) is 17.1 Å². The van der Waals surface area contributed by atoms with E-state index in [0.717, 1.165) is 12.1 Å². The van der Waals surface area contributed by atoms with Gasteiger partial charge in [0.25, 0.3) is 0 Å². The predicted molar refractivity (Wildman–Crippen MR) is 98.0 cm³/mol. The summed E-state index contributed by atoms with van der Waals surface area (Å²) in [5.41, 5.74) is -0.565. The van der Waals surface area contributed by atoms with Crippen molar-refractivity contribution in [3.05, 3.63) is 60.2 Å². The predicted octanol–water partition coefficient (Wildman–Crippen LogP) is 3.74. The molecule has 1 saturated heterocycles. The molecule has 1 N–H and O–H groups in total. The molecule has 0 aliphatic carbocycles. The van der Waals surface area contributed by atoms with Gasteiger partial charge in [-0.25, -0.2) is 8.42 Å². The van der Waals surface area contributed by atoms with Crippen LogP contribution in [-0.2, 0) is 21.0 Å². The molecule has 0 aromatic heterocycles. The van der Waals surface area contributed by atoms with E-state index >= 15 is 0 Å². The van der Waals surface area contributed by atoms with Gasteiger partial charge in [-0.2, -0.15) is 17.5 Å². The number of sulfonamides is 1. The van der Waals surface area contributed by atoms with Crippen molar-refractivity contribution in [3.8, 4) is 0 Å². The Morgan fingerprint density at radius 3 is 2.29 bits per heavy atom. The lowest BCUT2D eigenvalue weighted by molar-refractivity contribution is -0.137. The number of hydrogen-bond acceptors (Lipinski definition) is 3. The molecule has 1 unspecified atom stereocenters. The lowest BCUT2D eigenvalue weighted by Gasteiger charge is -2.31. The fraction of sp³-hybridized carbons (Fsp3) is 0.316. The van der Waals surface area contributed by atoms with Crippen LogP contribution in [0.3, 0.4) is 0 Å². The van der Waals surface area contributed by atoms with Gasteiger partial charge in [-0.15, -0.1) is 0 Å². The van der Waals surface area contributed by atoms with Crippen LogP contribution in [0.4, 0.5) is 18.9 Å². The Morgan fingerprint density at radius 2 is 1.68 bits per heavy atom. The fourth-order valence-corrected chi connectivity index (χ4v) is 4.65. The van der Waals surface area contributed by atoms with E-state index in [4.69, 9.17) is 0 Å². The second-order valence-corrected chi connectivity index (χ2v) is 8.52. The van der Waals surface area contributed by atoms with E-state index in [1.165, 1.54) is 28.6 Å². The molecule has 0 saturated carbocycles. The van der Waals surface area contributed by atoms with Crippen molar-refractivity contribution in [1.82, 2.24) is 4.31 Å². The van der Waals surface area contributed by atoms with Gasteiger partial charge in [0.05, 0.1) is 16.4 Å². The number of alkyl halides is 3. The number of halogens is 3. The minimum Gasteiger partial charge on any atom is -0.326 e. The molecule has 1 fully saturated rings. The highest BCUT2D eigenvalue weighted by Crippen LogP contribution is 2.30. The molecule has 5 nitrogen and oxygen atoms in total. The van der Waals surface area contributed by atoms with Gasteiger partial charge < -0.3 is 5.32 Å². The Labute approximate surface area is 161 Å². The van der Waals surface area contributed by atoms with E-state index in [0.29, 0.717) is 19.4 Å². The number of rotatable bonds is 4. The van der Waals surface area contributed by atoms with Crippen molar-refractivity contribution in [2.45, 2.75) is 23.9 Å². The largest absolute Gasteiger partial charge is 0.416 e. The molecule has 0 spiro atoms. The first-order chi connectivity index (χ1) is 13.2. The second kappa shape index (κ2) is 7.92. The monoisotopic (exact) mass is 412 g/mol. The maximum absolute atomic E-state index is 12.7. The Morgan fingerprint density at radius 1 is 1.04 bits per heavy atom. The number of carbonyl (C=O) groups is 1. The summed E-state index contributed by atoms with van der Waals surface area (Å²) in [5.74, 6) is -0.984. The number of anilines is 1. The van der Waals surface area contributed by atoms with Gasteiger partial charge in [0.1, 0.15) is 0 Å². The molecule has 1 atom stereocenters. The first-order valence-electron chi connectivity index (χ1n) is 8.71. The first kappa shape index (κ1) is 20.3. The number of nitrogens with zero attached hydrogens (tertiary/aromatic N) is 1. The third kappa shape index (κ3) is 4.53. The van der Waals surface area contributed by atoms with Crippen LogP contribution >= 0.6 is 0 Å². The van der Waals surface area contributed by atoms with Crippen molar-refractivity contribution in [1.29, 1.82) is 0 Å². The first-order valence-corrected chi connectivity index (χ1v) is 10.2. The van der Waals surface area contributed by atoms with Gasteiger partial charge >= 0.3 is 6.18 Å². The minimum atomic E-state index is -4.45. The molecule has 1 heterocycles. The number of piperidine rings is 1. The highest BCUT2D eigenvalue weighted by Gasteiger charge is 2.33. The van der Waals surface area contributed by atoms with E-state index in [1.54, 1.807) is 18.2 Å². The maximum Gasteiger partial charge on any atom is 0.416 e. The number of hydrogen-bond donors (Lipinski definition) is 1. The SMILES string of the molecule is O=C(Nc1ccc(C(F)(F)F)cc1)C1CCCN(S(=O)(=O)c2ccccc2)C1. The third-order valence-corrected chi connectivity index (χ3v) is 6.50. The van der Waals surface area contributed by atoms with Crippen molar-refractivity contribution < 1.29 is 26.4 Å².